The van der Waals surface area contributed by atoms with E-state index in [1.165, 1.54) is 18.4 Å². The number of rotatable bonds is 7. The fraction of sp³-hybridized carbons (Fsp3) is 0.294. The fourth-order valence-electron chi connectivity index (χ4n) is 2.23. The van der Waals surface area contributed by atoms with Crippen molar-refractivity contribution in [2.45, 2.75) is 18.9 Å². The molecule has 0 aliphatic heterocycles. The van der Waals surface area contributed by atoms with Gasteiger partial charge >= 0.3 is 5.97 Å². The molecular weight excluding hydrogens is 314 g/mol. The van der Waals surface area contributed by atoms with Crippen molar-refractivity contribution in [2.75, 3.05) is 14.2 Å². The van der Waals surface area contributed by atoms with E-state index >= 15 is 0 Å². The summed E-state index contributed by atoms with van der Waals surface area (Å²) in [5.74, 6) is 0.140. The molecule has 0 saturated carbocycles. The number of nitrogens with one attached hydrogen (secondary N) is 1. The molecular formula is C17H19NO4S. The van der Waals surface area contributed by atoms with Crippen LogP contribution in [0.2, 0.25) is 0 Å². The number of ether oxygens (including phenoxy) is 2. The quantitative estimate of drug-likeness (QED) is 0.791. The Morgan fingerprint density at radius 2 is 1.96 bits per heavy atom. The van der Waals surface area contributed by atoms with Gasteiger partial charge in [0.25, 0.3) is 0 Å². The lowest BCUT2D eigenvalue weighted by Gasteiger charge is -2.17. The number of thiophene rings is 1. The largest absolute Gasteiger partial charge is 0.496 e. The topological polar surface area (TPSA) is 64.6 Å². The Labute approximate surface area is 139 Å². The highest BCUT2D eigenvalue weighted by Crippen LogP contribution is 2.23. The first-order valence-electron chi connectivity index (χ1n) is 7.15. The number of hydrogen-bond donors (Lipinski definition) is 1. The van der Waals surface area contributed by atoms with Crippen molar-refractivity contribution in [3.8, 4) is 5.75 Å². The molecule has 1 aromatic carbocycles. The molecule has 1 amide bonds. The number of carbonyl (C=O) groups excluding carboxylic acids is 2. The number of para-hydroxylation sites is 1. The van der Waals surface area contributed by atoms with E-state index in [2.05, 4.69) is 5.32 Å². The third-order valence-corrected chi connectivity index (χ3v) is 4.35. The minimum absolute atomic E-state index is 0.106. The normalized spacial score (nSPS) is 11.6. The van der Waals surface area contributed by atoms with E-state index in [0.29, 0.717) is 5.75 Å². The first kappa shape index (κ1) is 17.0. The Morgan fingerprint density at radius 3 is 2.61 bits per heavy atom. The maximum absolute atomic E-state index is 12.3. The van der Waals surface area contributed by atoms with Crippen molar-refractivity contribution in [3.05, 3.63) is 52.2 Å². The number of hydrogen-bond acceptors (Lipinski definition) is 5. The molecule has 5 nitrogen and oxygen atoms in total. The highest BCUT2D eigenvalue weighted by molar-refractivity contribution is 7.10. The van der Waals surface area contributed by atoms with Crippen LogP contribution < -0.4 is 10.1 Å². The summed E-state index contributed by atoms with van der Waals surface area (Å²) in [4.78, 5) is 24.8. The first-order chi connectivity index (χ1) is 11.1. The third-order valence-electron chi connectivity index (χ3n) is 3.36. The number of amides is 1. The summed E-state index contributed by atoms with van der Waals surface area (Å²) in [5, 5.41) is 4.81. The highest BCUT2D eigenvalue weighted by atomic mass is 32.1. The summed E-state index contributed by atoms with van der Waals surface area (Å²) in [5.41, 5.74) is 0.801. The van der Waals surface area contributed by atoms with Crippen molar-refractivity contribution < 1.29 is 19.1 Å². The zero-order valence-electron chi connectivity index (χ0n) is 13.1. The highest BCUT2D eigenvalue weighted by Gasteiger charge is 2.20. The van der Waals surface area contributed by atoms with Crippen molar-refractivity contribution in [1.82, 2.24) is 5.32 Å². The number of benzene rings is 1. The molecule has 0 spiro atoms. The molecule has 1 aromatic heterocycles. The molecule has 0 fully saturated rings. The van der Waals surface area contributed by atoms with Crippen LogP contribution in [-0.2, 0) is 20.7 Å². The van der Waals surface area contributed by atoms with Crippen LogP contribution in [0.15, 0.2) is 41.8 Å². The maximum Gasteiger partial charge on any atom is 0.307 e. The summed E-state index contributed by atoms with van der Waals surface area (Å²) in [6, 6.07) is 10.8. The lowest BCUT2D eigenvalue weighted by molar-refractivity contribution is -0.141. The van der Waals surface area contributed by atoms with Gasteiger partial charge in [-0.05, 0) is 17.5 Å². The van der Waals surface area contributed by atoms with Crippen molar-refractivity contribution in [1.29, 1.82) is 0 Å². The van der Waals surface area contributed by atoms with Gasteiger partial charge in [0.05, 0.1) is 33.1 Å². The van der Waals surface area contributed by atoms with Crippen LogP contribution in [0.3, 0.4) is 0 Å². The Hall–Kier alpha value is -2.34. The Morgan fingerprint density at radius 1 is 1.17 bits per heavy atom. The molecule has 0 aliphatic carbocycles. The van der Waals surface area contributed by atoms with E-state index in [0.717, 1.165) is 10.4 Å². The van der Waals surface area contributed by atoms with E-state index < -0.39 is 0 Å². The second-order valence-corrected chi connectivity index (χ2v) is 5.88. The minimum atomic E-state index is -0.385. The summed E-state index contributed by atoms with van der Waals surface area (Å²) >= 11 is 1.49. The second-order valence-electron chi connectivity index (χ2n) is 4.90. The minimum Gasteiger partial charge on any atom is -0.496 e. The standard InChI is InChI=1S/C17H19NO4S/c1-21-14-7-4-3-6-12(14)10-16(19)18-13(11-17(20)22-2)15-8-5-9-23-15/h3-9,13H,10-11H2,1-2H3,(H,18,19). The molecule has 0 bridgehead atoms. The van der Waals surface area contributed by atoms with Gasteiger partial charge in [-0.3, -0.25) is 9.59 Å². The molecule has 6 heteroatoms. The SMILES string of the molecule is COC(=O)CC(NC(=O)Cc1ccccc1OC)c1cccs1. The molecule has 1 heterocycles. The van der Waals surface area contributed by atoms with E-state index in [1.54, 1.807) is 7.11 Å². The predicted octanol–water partition coefficient (Wildman–Crippen LogP) is 2.72. The lowest BCUT2D eigenvalue weighted by atomic mass is 10.1. The van der Waals surface area contributed by atoms with Gasteiger partial charge in [-0.25, -0.2) is 0 Å². The average Bonchev–Trinajstić information content (AvgIpc) is 3.09. The van der Waals surface area contributed by atoms with Crippen molar-refractivity contribution in [3.63, 3.8) is 0 Å². The van der Waals surface area contributed by atoms with Gasteiger partial charge in [-0.2, -0.15) is 0 Å². The van der Waals surface area contributed by atoms with Crippen LogP contribution in [0.4, 0.5) is 0 Å². The van der Waals surface area contributed by atoms with Gasteiger partial charge < -0.3 is 14.8 Å². The van der Waals surface area contributed by atoms with Crippen molar-refractivity contribution in [2.24, 2.45) is 0 Å². The molecule has 0 radical (unpaired) electrons. The Bertz CT molecular complexity index is 654. The molecule has 1 unspecified atom stereocenters. The maximum atomic E-state index is 12.3. The summed E-state index contributed by atoms with van der Waals surface area (Å²) < 4.78 is 9.96. The molecule has 0 saturated heterocycles. The van der Waals surface area contributed by atoms with Crippen LogP contribution in [0, 0.1) is 0 Å². The average molecular weight is 333 g/mol. The number of carbonyl (C=O) groups is 2. The molecule has 1 atom stereocenters. The van der Waals surface area contributed by atoms with Gasteiger partial charge in [0.15, 0.2) is 0 Å². The summed E-state index contributed by atoms with van der Waals surface area (Å²) in [7, 11) is 2.91. The van der Waals surface area contributed by atoms with Gasteiger partial charge in [0.1, 0.15) is 5.75 Å². The van der Waals surface area contributed by atoms with E-state index in [1.807, 2.05) is 41.8 Å². The summed E-state index contributed by atoms with van der Waals surface area (Å²) in [6.07, 6.45) is 0.293. The molecule has 122 valence electrons. The first-order valence-corrected chi connectivity index (χ1v) is 8.03. The molecule has 1 N–H and O–H groups in total. The Balaban J connectivity index is 2.07. The lowest BCUT2D eigenvalue weighted by Crippen LogP contribution is -2.31. The van der Waals surface area contributed by atoms with Gasteiger partial charge in [0.2, 0.25) is 5.91 Å². The third kappa shape index (κ3) is 4.82. The number of methoxy groups -OCH3 is 2. The number of esters is 1. The molecule has 2 aromatic rings. The fourth-order valence-corrected chi connectivity index (χ4v) is 3.01. The van der Waals surface area contributed by atoms with Gasteiger partial charge in [0, 0.05) is 10.4 Å². The van der Waals surface area contributed by atoms with Crippen LogP contribution >= 0.6 is 11.3 Å². The Kier molecular flexibility index (Phi) is 6.17. The van der Waals surface area contributed by atoms with E-state index in [-0.39, 0.29) is 30.8 Å². The van der Waals surface area contributed by atoms with Crippen LogP contribution in [-0.4, -0.2) is 26.1 Å². The van der Waals surface area contributed by atoms with E-state index in [4.69, 9.17) is 9.47 Å². The van der Waals surface area contributed by atoms with Crippen LogP contribution in [0.5, 0.6) is 5.75 Å². The van der Waals surface area contributed by atoms with Crippen LogP contribution in [0.25, 0.3) is 0 Å². The predicted molar refractivity (Wildman–Crippen MR) is 88.5 cm³/mol. The van der Waals surface area contributed by atoms with E-state index in [9.17, 15) is 9.59 Å². The second kappa shape index (κ2) is 8.33. The van der Waals surface area contributed by atoms with Crippen LogP contribution in [0.1, 0.15) is 22.9 Å². The zero-order chi connectivity index (χ0) is 16.7. The molecule has 0 aliphatic rings. The van der Waals surface area contributed by atoms with Gasteiger partial charge in [-0.15, -0.1) is 11.3 Å². The molecule has 23 heavy (non-hydrogen) atoms. The van der Waals surface area contributed by atoms with Gasteiger partial charge in [-0.1, -0.05) is 24.3 Å². The monoisotopic (exact) mass is 333 g/mol. The smallest absolute Gasteiger partial charge is 0.307 e. The van der Waals surface area contributed by atoms with Crippen molar-refractivity contribution >= 4 is 23.2 Å². The molecule has 2 rings (SSSR count). The summed E-state index contributed by atoms with van der Waals surface area (Å²) in [6.45, 7) is 0. The zero-order valence-corrected chi connectivity index (χ0v) is 13.9.